The smallest absolute Gasteiger partial charge is 0.244 e. The van der Waals surface area contributed by atoms with E-state index < -0.39 is 0 Å². The van der Waals surface area contributed by atoms with Crippen molar-refractivity contribution < 1.29 is 4.79 Å². The first-order valence-electron chi connectivity index (χ1n) is 5.66. The van der Waals surface area contributed by atoms with Gasteiger partial charge in [-0.2, -0.15) is 11.8 Å². The number of nitrogens with two attached hydrogens (primary N) is 1. The van der Waals surface area contributed by atoms with Crippen LogP contribution in [0.25, 0.3) is 6.08 Å². The zero-order chi connectivity index (χ0) is 12.1. The van der Waals surface area contributed by atoms with Gasteiger partial charge in [-0.15, -0.1) is 0 Å². The Morgan fingerprint density at radius 2 is 2.41 bits per heavy atom. The van der Waals surface area contributed by atoms with Crippen LogP contribution in [0.3, 0.4) is 0 Å². The van der Waals surface area contributed by atoms with Gasteiger partial charge in [0, 0.05) is 23.6 Å². The number of anilines is 1. The lowest BCUT2D eigenvalue weighted by atomic mass is 10.2. The highest BCUT2D eigenvalue weighted by Gasteiger charge is 2.15. The Morgan fingerprint density at radius 1 is 1.53 bits per heavy atom. The molecule has 1 aliphatic rings. The molecule has 0 aliphatic carbocycles. The van der Waals surface area contributed by atoms with Crippen molar-refractivity contribution in [3.63, 3.8) is 0 Å². The molecule has 90 valence electrons. The Morgan fingerprint density at radius 3 is 3.12 bits per heavy atom. The lowest BCUT2D eigenvalue weighted by molar-refractivity contribution is -0.116. The van der Waals surface area contributed by atoms with Gasteiger partial charge >= 0.3 is 0 Å². The summed E-state index contributed by atoms with van der Waals surface area (Å²) < 4.78 is 0. The molecule has 1 heterocycles. The maximum Gasteiger partial charge on any atom is 0.244 e. The summed E-state index contributed by atoms with van der Waals surface area (Å²) in [5.41, 5.74) is 7.31. The number of nitrogen functional groups attached to an aromatic ring is 1. The third-order valence-electron chi connectivity index (χ3n) is 2.61. The highest BCUT2D eigenvalue weighted by atomic mass is 32.2. The van der Waals surface area contributed by atoms with Gasteiger partial charge in [-0.05, 0) is 35.9 Å². The molecule has 1 aromatic rings. The monoisotopic (exact) mass is 248 g/mol. The van der Waals surface area contributed by atoms with Crippen molar-refractivity contribution in [3.8, 4) is 0 Å². The largest absolute Gasteiger partial charge is 0.399 e. The summed E-state index contributed by atoms with van der Waals surface area (Å²) in [7, 11) is 0. The van der Waals surface area contributed by atoms with Gasteiger partial charge < -0.3 is 11.1 Å². The number of hydrogen-bond donors (Lipinski definition) is 2. The van der Waals surface area contributed by atoms with Crippen LogP contribution in [-0.4, -0.2) is 23.5 Å². The molecule has 0 bridgehead atoms. The number of hydrogen-bond acceptors (Lipinski definition) is 3. The SMILES string of the molecule is Nc1cccc(/C=C/C(=O)NC2CCSC2)c1. The van der Waals surface area contributed by atoms with Crippen LogP contribution in [-0.2, 0) is 4.79 Å². The summed E-state index contributed by atoms with van der Waals surface area (Å²) in [6, 6.07) is 7.80. The lowest BCUT2D eigenvalue weighted by Gasteiger charge is -2.08. The van der Waals surface area contributed by atoms with Gasteiger partial charge in [-0.3, -0.25) is 4.79 Å². The van der Waals surface area contributed by atoms with E-state index in [0.29, 0.717) is 11.7 Å². The molecular weight excluding hydrogens is 232 g/mol. The summed E-state index contributed by atoms with van der Waals surface area (Å²) in [6.07, 6.45) is 4.42. The molecule has 0 spiro atoms. The number of amides is 1. The summed E-state index contributed by atoms with van der Waals surface area (Å²) >= 11 is 1.89. The van der Waals surface area contributed by atoms with Gasteiger partial charge in [0.25, 0.3) is 0 Å². The van der Waals surface area contributed by atoms with Gasteiger partial charge in [0.2, 0.25) is 5.91 Å². The van der Waals surface area contributed by atoms with E-state index in [1.54, 1.807) is 12.2 Å². The fourth-order valence-electron chi connectivity index (χ4n) is 1.73. The minimum Gasteiger partial charge on any atom is -0.399 e. The van der Waals surface area contributed by atoms with Crippen molar-refractivity contribution in [1.29, 1.82) is 0 Å². The van der Waals surface area contributed by atoms with Crippen molar-refractivity contribution in [3.05, 3.63) is 35.9 Å². The third-order valence-corrected chi connectivity index (χ3v) is 3.78. The van der Waals surface area contributed by atoms with E-state index in [0.717, 1.165) is 23.5 Å². The van der Waals surface area contributed by atoms with Gasteiger partial charge in [0.1, 0.15) is 0 Å². The molecule has 0 aromatic heterocycles. The fourth-order valence-corrected chi connectivity index (χ4v) is 2.88. The second-order valence-electron chi connectivity index (χ2n) is 4.07. The minimum atomic E-state index is -0.0278. The predicted molar refractivity (Wildman–Crippen MR) is 73.8 cm³/mol. The highest BCUT2D eigenvalue weighted by molar-refractivity contribution is 7.99. The maximum atomic E-state index is 11.6. The first kappa shape index (κ1) is 12.0. The molecule has 1 saturated heterocycles. The molecule has 17 heavy (non-hydrogen) atoms. The first-order chi connectivity index (χ1) is 8.24. The maximum absolute atomic E-state index is 11.6. The van der Waals surface area contributed by atoms with Gasteiger partial charge in [0.05, 0.1) is 0 Å². The van der Waals surface area contributed by atoms with Crippen LogP contribution in [0.2, 0.25) is 0 Å². The van der Waals surface area contributed by atoms with E-state index in [-0.39, 0.29) is 5.91 Å². The molecule has 1 unspecified atom stereocenters. The summed E-state index contributed by atoms with van der Waals surface area (Å²) in [5, 5.41) is 2.99. The molecule has 1 atom stereocenters. The van der Waals surface area contributed by atoms with E-state index in [9.17, 15) is 4.79 Å². The lowest BCUT2D eigenvalue weighted by Crippen LogP contribution is -2.33. The van der Waals surface area contributed by atoms with Gasteiger partial charge in [-0.1, -0.05) is 12.1 Å². The fraction of sp³-hybridized carbons (Fsp3) is 0.308. The minimum absolute atomic E-state index is 0.0278. The summed E-state index contributed by atoms with van der Waals surface area (Å²) in [4.78, 5) is 11.6. The molecule has 3 nitrogen and oxygen atoms in total. The van der Waals surface area contributed by atoms with Gasteiger partial charge in [0.15, 0.2) is 0 Å². The normalized spacial score (nSPS) is 19.6. The zero-order valence-electron chi connectivity index (χ0n) is 9.56. The van der Waals surface area contributed by atoms with Crippen molar-refractivity contribution in [2.75, 3.05) is 17.2 Å². The quantitative estimate of drug-likeness (QED) is 0.634. The van der Waals surface area contributed by atoms with Crippen molar-refractivity contribution in [2.24, 2.45) is 0 Å². The Hall–Kier alpha value is -1.42. The molecule has 1 amide bonds. The van der Waals surface area contributed by atoms with E-state index in [2.05, 4.69) is 5.32 Å². The standard InChI is InChI=1S/C13H16N2OS/c14-11-3-1-2-10(8-11)4-5-13(16)15-12-6-7-17-9-12/h1-5,8,12H,6-7,9,14H2,(H,15,16)/b5-4+. The molecule has 2 rings (SSSR count). The molecule has 1 aromatic carbocycles. The Kier molecular flexibility index (Phi) is 4.09. The second kappa shape index (κ2) is 5.77. The molecule has 0 radical (unpaired) electrons. The van der Waals surface area contributed by atoms with Gasteiger partial charge in [-0.25, -0.2) is 0 Å². The highest BCUT2D eigenvalue weighted by Crippen LogP contribution is 2.16. The van der Waals surface area contributed by atoms with Crippen molar-refractivity contribution >= 4 is 29.4 Å². The number of thioether (sulfide) groups is 1. The summed E-state index contributed by atoms with van der Waals surface area (Å²) in [6.45, 7) is 0. The van der Waals surface area contributed by atoms with E-state index in [1.807, 2.05) is 36.0 Å². The molecule has 1 fully saturated rings. The van der Waals surface area contributed by atoms with Crippen LogP contribution in [0.15, 0.2) is 30.3 Å². The molecule has 4 heteroatoms. The zero-order valence-corrected chi connectivity index (χ0v) is 10.4. The van der Waals surface area contributed by atoms with Crippen molar-refractivity contribution in [2.45, 2.75) is 12.5 Å². The Balaban J connectivity index is 1.89. The van der Waals surface area contributed by atoms with Crippen LogP contribution < -0.4 is 11.1 Å². The average Bonchev–Trinajstić information content (AvgIpc) is 2.79. The first-order valence-corrected chi connectivity index (χ1v) is 6.81. The Labute approximate surface area is 105 Å². The third kappa shape index (κ3) is 3.82. The average molecular weight is 248 g/mol. The van der Waals surface area contributed by atoms with Crippen LogP contribution >= 0.6 is 11.8 Å². The Bertz CT molecular complexity index is 425. The second-order valence-corrected chi connectivity index (χ2v) is 5.22. The van der Waals surface area contributed by atoms with Crippen molar-refractivity contribution in [1.82, 2.24) is 5.32 Å². The van der Waals surface area contributed by atoms with E-state index in [4.69, 9.17) is 5.73 Å². The summed E-state index contributed by atoms with van der Waals surface area (Å²) in [5.74, 6) is 2.14. The number of benzene rings is 1. The number of nitrogens with one attached hydrogen (secondary N) is 1. The molecule has 3 N–H and O–H groups in total. The van der Waals surface area contributed by atoms with Crippen LogP contribution in [0.5, 0.6) is 0 Å². The number of rotatable bonds is 3. The topological polar surface area (TPSA) is 55.1 Å². The predicted octanol–water partition coefficient (Wildman–Crippen LogP) is 1.90. The van der Waals surface area contributed by atoms with E-state index in [1.165, 1.54) is 0 Å². The van der Waals surface area contributed by atoms with Crippen LogP contribution in [0.4, 0.5) is 5.69 Å². The van der Waals surface area contributed by atoms with Crippen LogP contribution in [0.1, 0.15) is 12.0 Å². The van der Waals surface area contributed by atoms with Crippen LogP contribution in [0, 0.1) is 0 Å². The van der Waals surface area contributed by atoms with E-state index >= 15 is 0 Å². The molecule has 1 aliphatic heterocycles. The number of carbonyl (C=O) groups is 1. The molecule has 0 saturated carbocycles. The number of carbonyl (C=O) groups excluding carboxylic acids is 1. The molecular formula is C13H16N2OS.